The van der Waals surface area contributed by atoms with Crippen LogP contribution in [0.25, 0.3) is 5.69 Å². The average Bonchev–Trinajstić information content (AvgIpc) is 2.90. The van der Waals surface area contributed by atoms with Gasteiger partial charge in [0.05, 0.1) is 5.69 Å². The molecule has 0 saturated carbocycles. The van der Waals surface area contributed by atoms with Crippen LogP contribution in [-0.4, -0.2) is 38.3 Å². The van der Waals surface area contributed by atoms with E-state index in [0.717, 1.165) is 37.4 Å². The Kier molecular flexibility index (Phi) is 2.79. The van der Waals surface area contributed by atoms with Crippen LogP contribution in [0.15, 0.2) is 24.5 Å². The maximum Gasteiger partial charge on any atom is 0.178 e. The molecule has 2 aromatic rings. The maximum absolute atomic E-state index is 4.44. The number of nitrogens with one attached hydrogen (secondary N) is 1. The van der Waals surface area contributed by atoms with E-state index in [-0.39, 0.29) is 0 Å². The summed E-state index contributed by atoms with van der Waals surface area (Å²) in [4.78, 5) is 5.54. The van der Waals surface area contributed by atoms with Crippen LogP contribution in [0.5, 0.6) is 0 Å². The van der Waals surface area contributed by atoms with Gasteiger partial charge in [-0.2, -0.15) is 0 Å². The molecule has 6 heteroatoms. The first-order chi connectivity index (χ1) is 8.43. The van der Waals surface area contributed by atoms with Gasteiger partial charge in [0, 0.05) is 18.3 Å². The molecule has 0 atom stereocenters. The molecule has 1 fully saturated rings. The molecule has 0 aliphatic carbocycles. The summed E-state index contributed by atoms with van der Waals surface area (Å²) >= 11 is 0. The molecule has 3 rings (SSSR count). The minimum absolute atomic E-state index is 0.437. The number of hydrogen-bond donors (Lipinski definition) is 1. The van der Waals surface area contributed by atoms with E-state index in [4.69, 9.17) is 0 Å². The van der Waals surface area contributed by atoms with Crippen molar-refractivity contribution in [1.29, 1.82) is 0 Å². The summed E-state index contributed by atoms with van der Waals surface area (Å²) in [5.74, 6) is 1.29. The Morgan fingerprint density at radius 1 is 1.18 bits per heavy atom. The number of nitrogens with zero attached hydrogens (tertiary/aromatic N) is 5. The topological polar surface area (TPSA) is 68.5 Å². The van der Waals surface area contributed by atoms with Crippen molar-refractivity contribution in [3.8, 4) is 5.69 Å². The SMILES string of the molecule is c1cc(-n2nnc(C3CCNCC3)n2)ccn1. The standard InChI is InChI=1S/C11H14N6/c1-5-12-6-2-9(1)11-14-16-17(15-11)10-3-7-13-8-4-10/h3-4,7-9,12H,1-2,5-6H2. The number of rotatable bonds is 2. The van der Waals surface area contributed by atoms with Crippen LogP contribution in [0.2, 0.25) is 0 Å². The predicted molar refractivity (Wildman–Crippen MR) is 61.8 cm³/mol. The lowest BCUT2D eigenvalue weighted by Crippen LogP contribution is -2.27. The Morgan fingerprint density at radius 3 is 2.71 bits per heavy atom. The largest absolute Gasteiger partial charge is 0.317 e. The number of hydrogen-bond acceptors (Lipinski definition) is 5. The van der Waals surface area contributed by atoms with Crippen LogP contribution in [0.3, 0.4) is 0 Å². The highest BCUT2D eigenvalue weighted by Crippen LogP contribution is 2.21. The Labute approximate surface area is 99.1 Å². The Bertz CT molecular complexity index is 474. The number of piperidine rings is 1. The smallest absolute Gasteiger partial charge is 0.178 e. The quantitative estimate of drug-likeness (QED) is 0.814. The minimum atomic E-state index is 0.437. The van der Waals surface area contributed by atoms with Crippen LogP contribution in [0.4, 0.5) is 0 Å². The average molecular weight is 230 g/mol. The van der Waals surface area contributed by atoms with Crippen molar-refractivity contribution in [2.75, 3.05) is 13.1 Å². The van der Waals surface area contributed by atoms with Gasteiger partial charge >= 0.3 is 0 Å². The first-order valence-electron chi connectivity index (χ1n) is 5.84. The molecule has 17 heavy (non-hydrogen) atoms. The number of pyridine rings is 1. The van der Waals surface area contributed by atoms with Gasteiger partial charge in [-0.3, -0.25) is 4.98 Å². The van der Waals surface area contributed by atoms with Gasteiger partial charge in [-0.05, 0) is 43.3 Å². The molecule has 1 N–H and O–H groups in total. The lowest BCUT2D eigenvalue weighted by Gasteiger charge is -2.18. The molecule has 0 radical (unpaired) electrons. The highest BCUT2D eigenvalue weighted by molar-refractivity contribution is 5.25. The van der Waals surface area contributed by atoms with Crippen molar-refractivity contribution in [3.05, 3.63) is 30.4 Å². The zero-order valence-corrected chi connectivity index (χ0v) is 9.45. The van der Waals surface area contributed by atoms with Crippen molar-refractivity contribution < 1.29 is 0 Å². The van der Waals surface area contributed by atoms with Gasteiger partial charge in [0.2, 0.25) is 0 Å². The van der Waals surface area contributed by atoms with Gasteiger partial charge in [-0.15, -0.1) is 15.0 Å². The summed E-state index contributed by atoms with van der Waals surface area (Å²) in [6.07, 6.45) is 5.62. The van der Waals surface area contributed by atoms with E-state index < -0.39 is 0 Å². The molecule has 6 nitrogen and oxygen atoms in total. The minimum Gasteiger partial charge on any atom is -0.317 e. The van der Waals surface area contributed by atoms with Gasteiger partial charge in [0.15, 0.2) is 5.82 Å². The third-order valence-electron chi connectivity index (χ3n) is 3.03. The molecule has 88 valence electrons. The van der Waals surface area contributed by atoms with E-state index in [1.54, 1.807) is 17.2 Å². The summed E-state index contributed by atoms with van der Waals surface area (Å²) in [6.45, 7) is 2.07. The molecule has 0 aromatic carbocycles. The first-order valence-corrected chi connectivity index (χ1v) is 5.84. The summed E-state index contributed by atoms with van der Waals surface area (Å²) in [6, 6.07) is 3.74. The maximum atomic E-state index is 4.44. The predicted octanol–water partition coefficient (Wildman–Crippen LogP) is 0.524. The van der Waals surface area contributed by atoms with Gasteiger partial charge in [-0.25, -0.2) is 0 Å². The third kappa shape index (κ3) is 2.16. The summed E-state index contributed by atoms with van der Waals surface area (Å²) in [5.41, 5.74) is 0.896. The van der Waals surface area contributed by atoms with E-state index in [1.165, 1.54) is 0 Å². The fraction of sp³-hybridized carbons (Fsp3) is 0.455. The van der Waals surface area contributed by atoms with E-state index in [9.17, 15) is 0 Å². The number of aromatic nitrogens is 5. The molecule has 0 unspecified atom stereocenters. The van der Waals surface area contributed by atoms with Crippen molar-refractivity contribution in [1.82, 2.24) is 30.5 Å². The fourth-order valence-electron chi connectivity index (χ4n) is 2.06. The molecular formula is C11H14N6. The summed E-state index contributed by atoms with van der Waals surface area (Å²) in [5, 5.41) is 16.0. The van der Waals surface area contributed by atoms with Crippen LogP contribution < -0.4 is 5.32 Å². The molecular weight excluding hydrogens is 216 g/mol. The van der Waals surface area contributed by atoms with E-state index in [1.807, 2.05) is 12.1 Å². The van der Waals surface area contributed by atoms with E-state index in [2.05, 4.69) is 25.7 Å². The fourth-order valence-corrected chi connectivity index (χ4v) is 2.06. The second-order valence-electron chi connectivity index (χ2n) is 4.17. The lowest BCUT2D eigenvalue weighted by atomic mass is 9.98. The Morgan fingerprint density at radius 2 is 1.94 bits per heavy atom. The van der Waals surface area contributed by atoms with Crippen molar-refractivity contribution in [2.45, 2.75) is 18.8 Å². The van der Waals surface area contributed by atoms with Crippen molar-refractivity contribution in [2.24, 2.45) is 0 Å². The molecule has 1 aliphatic rings. The van der Waals surface area contributed by atoms with Gasteiger partial charge < -0.3 is 5.32 Å². The zero-order valence-electron chi connectivity index (χ0n) is 9.45. The zero-order chi connectivity index (χ0) is 11.5. The second-order valence-corrected chi connectivity index (χ2v) is 4.17. The second kappa shape index (κ2) is 4.58. The van der Waals surface area contributed by atoms with Crippen LogP contribution >= 0.6 is 0 Å². The number of tetrazole rings is 1. The first kappa shape index (κ1) is 10.3. The molecule has 0 amide bonds. The monoisotopic (exact) mass is 230 g/mol. The highest BCUT2D eigenvalue weighted by atomic mass is 15.6. The van der Waals surface area contributed by atoms with Crippen LogP contribution in [0.1, 0.15) is 24.6 Å². The van der Waals surface area contributed by atoms with E-state index in [0.29, 0.717) is 5.92 Å². The van der Waals surface area contributed by atoms with Crippen LogP contribution in [-0.2, 0) is 0 Å². The third-order valence-corrected chi connectivity index (χ3v) is 3.03. The normalized spacial score (nSPS) is 17.2. The lowest BCUT2D eigenvalue weighted by molar-refractivity contribution is 0.444. The van der Waals surface area contributed by atoms with Crippen molar-refractivity contribution in [3.63, 3.8) is 0 Å². The molecule has 3 heterocycles. The van der Waals surface area contributed by atoms with Crippen molar-refractivity contribution >= 4 is 0 Å². The molecule has 1 aliphatic heterocycles. The summed E-state index contributed by atoms with van der Waals surface area (Å²) in [7, 11) is 0. The Hall–Kier alpha value is -1.82. The van der Waals surface area contributed by atoms with Gasteiger partial charge in [0.25, 0.3) is 0 Å². The molecule has 1 saturated heterocycles. The molecule has 0 spiro atoms. The highest BCUT2D eigenvalue weighted by Gasteiger charge is 2.19. The van der Waals surface area contributed by atoms with Crippen LogP contribution in [0, 0.1) is 0 Å². The molecule has 0 bridgehead atoms. The van der Waals surface area contributed by atoms with Gasteiger partial charge in [-0.1, -0.05) is 0 Å². The summed E-state index contributed by atoms with van der Waals surface area (Å²) < 4.78 is 0. The van der Waals surface area contributed by atoms with E-state index >= 15 is 0 Å². The Balaban J connectivity index is 1.83. The molecule has 2 aromatic heterocycles. The van der Waals surface area contributed by atoms with Gasteiger partial charge in [0.1, 0.15) is 0 Å².